The van der Waals surface area contributed by atoms with Gasteiger partial charge in [0.25, 0.3) is 11.1 Å². The zero-order chi connectivity index (χ0) is 16.1. The Morgan fingerprint density at radius 2 is 2.05 bits per heavy atom. The number of carbonyl (C=O) groups is 2. The van der Waals surface area contributed by atoms with Crippen molar-refractivity contribution in [3.8, 4) is 11.5 Å². The van der Waals surface area contributed by atoms with Gasteiger partial charge in [-0.25, -0.2) is 0 Å². The van der Waals surface area contributed by atoms with Gasteiger partial charge in [-0.3, -0.25) is 14.9 Å². The number of benzene rings is 1. The van der Waals surface area contributed by atoms with Crippen molar-refractivity contribution < 1.29 is 19.1 Å². The van der Waals surface area contributed by atoms with Crippen LogP contribution < -0.4 is 14.8 Å². The molecule has 1 atom stereocenters. The number of ether oxygens (including phenoxy) is 2. The predicted molar refractivity (Wildman–Crippen MR) is 87.1 cm³/mol. The number of hydrogen-bond donors (Lipinski definition) is 1. The van der Waals surface area contributed by atoms with E-state index in [4.69, 9.17) is 9.47 Å². The number of hydrogen-bond acceptors (Lipinski definition) is 5. The van der Waals surface area contributed by atoms with Crippen LogP contribution in [0.15, 0.2) is 23.1 Å². The van der Waals surface area contributed by atoms with Crippen LogP contribution in [0.1, 0.15) is 32.8 Å². The van der Waals surface area contributed by atoms with Crippen LogP contribution in [0.2, 0.25) is 0 Å². The van der Waals surface area contributed by atoms with Crippen LogP contribution in [0, 0.1) is 0 Å². The van der Waals surface area contributed by atoms with Gasteiger partial charge in [-0.2, -0.15) is 0 Å². The van der Waals surface area contributed by atoms with Crippen molar-refractivity contribution in [3.05, 3.63) is 28.7 Å². The molecular weight excluding hydrogens is 302 g/mol. The molecule has 2 rings (SSSR count). The molecule has 0 radical (unpaired) electrons. The first kappa shape index (κ1) is 16.4. The van der Waals surface area contributed by atoms with Crippen LogP contribution in [0.5, 0.6) is 11.5 Å². The van der Waals surface area contributed by atoms with Crippen molar-refractivity contribution in [2.75, 3.05) is 6.61 Å². The largest absolute Gasteiger partial charge is 0.490 e. The Hall–Kier alpha value is -1.95. The van der Waals surface area contributed by atoms with Crippen LogP contribution >= 0.6 is 11.8 Å². The van der Waals surface area contributed by atoms with Gasteiger partial charge in [-0.05, 0) is 55.8 Å². The quantitative estimate of drug-likeness (QED) is 0.811. The molecule has 118 valence electrons. The smallest absolute Gasteiger partial charge is 0.290 e. The molecule has 1 aromatic rings. The fraction of sp³-hybridized carbons (Fsp3) is 0.375. The van der Waals surface area contributed by atoms with Gasteiger partial charge in [0.1, 0.15) is 0 Å². The van der Waals surface area contributed by atoms with Gasteiger partial charge in [-0.1, -0.05) is 13.0 Å². The standard InChI is InChI=1S/C16H19NO4S/c1-4-10(3)21-12-7-6-11(8-13(12)20-5-2)9-14-15(18)17-16(19)22-14/h6-10H,4-5H2,1-3H3,(H,17,18,19)/b14-9+. The average molecular weight is 321 g/mol. The number of carbonyl (C=O) groups excluding carboxylic acids is 2. The second kappa shape index (κ2) is 7.35. The molecule has 0 aromatic heterocycles. The summed E-state index contributed by atoms with van der Waals surface area (Å²) in [6.45, 7) is 6.47. The summed E-state index contributed by atoms with van der Waals surface area (Å²) in [4.78, 5) is 23.1. The van der Waals surface area contributed by atoms with Crippen molar-refractivity contribution in [2.45, 2.75) is 33.3 Å². The topological polar surface area (TPSA) is 64.6 Å². The molecule has 1 aromatic carbocycles. The summed E-state index contributed by atoms with van der Waals surface area (Å²) in [5.41, 5.74) is 0.785. The molecule has 5 nitrogen and oxygen atoms in total. The molecule has 1 fully saturated rings. The Morgan fingerprint density at radius 1 is 1.27 bits per heavy atom. The summed E-state index contributed by atoms with van der Waals surface area (Å²) in [6.07, 6.45) is 2.66. The first-order valence-electron chi connectivity index (χ1n) is 7.21. The monoisotopic (exact) mass is 321 g/mol. The minimum absolute atomic E-state index is 0.0946. The highest BCUT2D eigenvalue weighted by molar-refractivity contribution is 8.18. The summed E-state index contributed by atoms with van der Waals surface area (Å²) >= 11 is 0.896. The molecule has 0 saturated carbocycles. The number of thioether (sulfide) groups is 1. The molecule has 0 aliphatic carbocycles. The van der Waals surface area contributed by atoms with E-state index in [1.54, 1.807) is 6.08 Å². The molecule has 0 bridgehead atoms. The molecule has 0 spiro atoms. The van der Waals surface area contributed by atoms with Gasteiger partial charge in [0.2, 0.25) is 0 Å². The Kier molecular flexibility index (Phi) is 5.49. The second-order valence-electron chi connectivity index (χ2n) is 4.83. The van der Waals surface area contributed by atoms with Crippen LogP contribution in [-0.4, -0.2) is 23.9 Å². The molecule has 1 unspecified atom stereocenters. The predicted octanol–water partition coefficient (Wildman–Crippen LogP) is 3.59. The van der Waals surface area contributed by atoms with Crippen molar-refractivity contribution in [1.82, 2.24) is 5.32 Å². The minimum Gasteiger partial charge on any atom is -0.490 e. The fourth-order valence-electron chi connectivity index (χ4n) is 1.85. The van der Waals surface area contributed by atoms with Gasteiger partial charge in [-0.15, -0.1) is 0 Å². The summed E-state index contributed by atoms with van der Waals surface area (Å²) in [5.74, 6) is 0.942. The molecular formula is C16H19NO4S. The van der Waals surface area contributed by atoms with E-state index in [-0.39, 0.29) is 17.3 Å². The average Bonchev–Trinajstić information content (AvgIpc) is 2.79. The van der Waals surface area contributed by atoms with Gasteiger partial charge >= 0.3 is 0 Å². The molecule has 2 amide bonds. The molecule has 1 aliphatic rings. The number of imide groups is 1. The van der Waals surface area contributed by atoms with Crippen LogP contribution in [0.4, 0.5) is 4.79 Å². The fourth-order valence-corrected chi connectivity index (χ4v) is 2.53. The highest BCUT2D eigenvalue weighted by Crippen LogP contribution is 2.32. The lowest BCUT2D eigenvalue weighted by molar-refractivity contribution is -0.115. The Labute approximate surface area is 134 Å². The molecule has 1 N–H and O–H groups in total. The van der Waals surface area contributed by atoms with Gasteiger partial charge in [0.05, 0.1) is 17.6 Å². The van der Waals surface area contributed by atoms with E-state index in [1.807, 2.05) is 32.0 Å². The summed E-state index contributed by atoms with van der Waals surface area (Å²) in [5, 5.41) is 1.88. The van der Waals surface area contributed by atoms with E-state index in [9.17, 15) is 9.59 Å². The second-order valence-corrected chi connectivity index (χ2v) is 5.84. The number of nitrogens with one attached hydrogen (secondary N) is 1. The Bertz CT molecular complexity index is 612. The van der Waals surface area contributed by atoms with E-state index in [0.717, 1.165) is 23.7 Å². The van der Waals surface area contributed by atoms with E-state index >= 15 is 0 Å². The van der Waals surface area contributed by atoms with E-state index in [2.05, 4.69) is 12.2 Å². The lowest BCUT2D eigenvalue weighted by Gasteiger charge is -2.16. The van der Waals surface area contributed by atoms with Crippen molar-refractivity contribution in [1.29, 1.82) is 0 Å². The van der Waals surface area contributed by atoms with Crippen LogP contribution in [0.25, 0.3) is 6.08 Å². The Morgan fingerprint density at radius 3 is 2.64 bits per heavy atom. The SMILES string of the molecule is CCOc1cc(/C=C2/SC(=O)NC2=O)ccc1OC(C)CC. The van der Waals surface area contributed by atoms with Crippen molar-refractivity contribution in [3.63, 3.8) is 0 Å². The summed E-state index contributed by atoms with van der Waals surface area (Å²) in [6, 6.07) is 5.47. The van der Waals surface area contributed by atoms with E-state index in [1.165, 1.54) is 0 Å². The minimum atomic E-state index is -0.368. The van der Waals surface area contributed by atoms with Gasteiger partial charge in [0.15, 0.2) is 11.5 Å². The van der Waals surface area contributed by atoms with Crippen LogP contribution in [0.3, 0.4) is 0 Å². The third kappa shape index (κ3) is 4.04. The molecule has 22 heavy (non-hydrogen) atoms. The number of amides is 2. The number of rotatable bonds is 6. The lowest BCUT2D eigenvalue weighted by Crippen LogP contribution is -2.17. The van der Waals surface area contributed by atoms with Gasteiger partial charge < -0.3 is 9.47 Å². The lowest BCUT2D eigenvalue weighted by atomic mass is 10.1. The normalized spacial score (nSPS) is 17.5. The first-order valence-corrected chi connectivity index (χ1v) is 8.03. The maximum atomic E-state index is 11.6. The molecule has 1 heterocycles. The molecule has 6 heteroatoms. The summed E-state index contributed by atoms with van der Waals surface area (Å²) < 4.78 is 11.4. The highest BCUT2D eigenvalue weighted by Gasteiger charge is 2.25. The maximum Gasteiger partial charge on any atom is 0.290 e. The van der Waals surface area contributed by atoms with E-state index in [0.29, 0.717) is 23.0 Å². The van der Waals surface area contributed by atoms with Gasteiger partial charge in [0, 0.05) is 0 Å². The third-order valence-electron chi connectivity index (χ3n) is 3.11. The van der Waals surface area contributed by atoms with Crippen molar-refractivity contribution in [2.24, 2.45) is 0 Å². The summed E-state index contributed by atoms with van der Waals surface area (Å²) in [7, 11) is 0. The van der Waals surface area contributed by atoms with E-state index < -0.39 is 0 Å². The van der Waals surface area contributed by atoms with Crippen LogP contribution in [-0.2, 0) is 4.79 Å². The molecule has 1 aliphatic heterocycles. The van der Waals surface area contributed by atoms with Crippen molar-refractivity contribution >= 4 is 29.0 Å². The zero-order valence-corrected chi connectivity index (χ0v) is 13.7. The maximum absolute atomic E-state index is 11.6. The Balaban J connectivity index is 2.27. The molecule has 1 saturated heterocycles. The zero-order valence-electron chi connectivity index (χ0n) is 12.8. The third-order valence-corrected chi connectivity index (χ3v) is 3.92. The first-order chi connectivity index (χ1) is 10.5. The highest BCUT2D eigenvalue weighted by atomic mass is 32.2.